The second kappa shape index (κ2) is 6.29. The number of alkyl halides is 2. The quantitative estimate of drug-likeness (QED) is 0.818. The van der Waals surface area contributed by atoms with E-state index in [1.165, 1.54) is 0 Å². The van der Waals surface area contributed by atoms with Crippen LogP contribution in [0, 0.1) is 12.8 Å². The number of fused-ring (bicyclic) bond motifs is 2. The average Bonchev–Trinajstić information content (AvgIpc) is 2.77. The van der Waals surface area contributed by atoms with Crippen LogP contribution in [0.3, 0.4) is 0 Å². The molecule has 2 heterocycles. The molecule has 2 aliphatic rings. The third-order valence-electron chi connectivity index (χ3n) is 4.72. The Balaban J connectivity index is 2.08. The number of likely N-dealkylation sites (tertiary alicyclic amines) is 1. The van der Waals surface area contributed by atoms with Gasteiger partial charge in [0, 0.05) is 23.5 Å². The maximum absolute atomic E-state index is 13.7. The van der Waals surface area contributed by atoms with Gasteiger partial charge in [-0.05, 0) is 69.0 Å². The smallest absolute Gasteiger partial charge is 0.264 e. The topological polar surface area (TPSA) is 16.1 Å². The number of rotatable bonds is 2. The van der Waals surface area contributed by atoms with Crippen LogP contribution < -0.4 is 0 Å². The van der Waals surface area contributed by atoms with E-state index in [2.05, 4.69) is 16.0 Å². The number of likely N-dealkylation sites (N-methyl/N-ethyl adjacent to an activating group) is 1. The predicted octanol–water partition coefficient (Wildman–Crippen LogP) is 4.08. The van der Waals surface area contributed by atoms with Crippen molar-refractivity contribution in [2.75, 3.05) is 13.6 Å². The van der Waals surface area contributed by atoms with Gasteiger partial charge in [0.25, 0.3) is 6.43 Å². The highest BCUT2D eigenvalue weighted by Crippen LogP contribution is 2.37. The van der Waals surface area contributed by atoms with Crippen LogP contribution in [0.5, 0.6) is 0 Å². The van der Waals surface area contributed by atoms with Crippen molar-refractivity contribution in [2.45, 2.75) is 38.7 Å². The van der Waals surface area contributed by atoms with Crippen LogP contribution in [-0.4, -0.2) is 35.9 Å². The summed E-state index contributed by atoms with van der Waals surface area (Å²) in [6.07, 6.45) is 6.23. The van der Waals surface area contributed by atoms with Gasteiger partial charge in [-0.3, -0.25) is 9.88 Å². The summed E-state index contributed by atoms with van der Waals surface area (Å²) in [6.45, 7) is 2.87. The molecular weight excluding hydrogens is 282 g/mol. The molecule has 2 bridgehead atoms. The van der Waals surface area contributed by atoms with Gasteiger partial charge in [0.05, 0.1) is 0 Å². The Labute approximate surface area is 130 Å². The molecule has 0 radical (unpaired) electrons. The normalized spacial score (nSPS) is 26.2. The fourth-order valence-electron chi connectivity index (χ4n) is 3.52. The lowest BCUT2D eigenvalue weighted by atomic mass is 9.93. The Morgan fingerprint density at radius 1 is 1.32 bits per heavy atom. The lowest BCUT2D eigenvalue weighted by molar-refractivity contribution is 0.192. The molecule has 1 fully saturated rings. The zero-order chi connectivity index (χ0) is 15.7. The van der Waals surface area contributed by atoms with Crippen molar-refractivity contribution in [2.24, 2.45) is 5.92 Å². The number of halogens is 2. The Kier molecular flexibility index (Phi) is 4.39. The molecular formula is C18H22F2N2. The Bertz CT molecular complexity index is 607. The maximum Gasteiger partial charge on any atom is 0.264 e. The predicted molar refractivity (Wildman–Crippen MR) is 84.8 cm³/mol. The van der Waals surface area contributed by atoms with E-state index in [0.717, 1.165) is 37.1 Å². The molecule has 3 rings (SSSR count). The van der Waals surface area contributed by atoms with Gasteiger partial charge in [-0.2, -0.15) is 0 Å². The molecule has 0 amide bonds. The van der Waals surface area contributed by atoms with Crippen LogP contribution in [0.1, 0.15) is 30.5 Å². The van der Waals surface area contributed by atoms with Crippen molar-refractivity contribution in [1.82, 2.24) is 9.88 Å². The fraction of sp³-hybridized carbons (Fsp3) is 0.500. The highest BCUT2D eigenvalue weighted by atomic mass is 19.3. The van der Waals surface area contributed by atoms with Gasteiger partial charge in [-0.25, -0.2) is 8.78 Å². The minimum Gasteiger partial charge on any atom is -0.300 e. The van der Waals surface area contributed by atoms with Crippen LogP contribution in [0.2, 0.25) is 0 Å². The number of allylic oxidation sites excluding steroid dienone is 3. The highest BCUT2D eigenvalue weighted by molar-refractivity contribution is 5.80. The first kappa shape index (κ1) is 15.3. The molecule has 0 spiro atoms. The van der Waals surface area contributed by atoms with Gasteiger partial charge in [0.15, 0.2) is 0 Å². The first-order chi connectivity index (χ1) is 10.5. The third-order valence-corrected chi connectivity index (χ3v) is 4.72. The molecule has 1 aromatic rings. The van der Waals surface area contributed by atoms with Gasteiger partial charge in [0.2, 0.25) is 0 Å². The van der Waals surface area contributed by atoms with Gasteiger partial charge in [-0.1, -0.05) is 12.2 Å². The monoisotopic (exact) mass is 304 g/mol. The molecule has 0 aromatic carbocycles. The zero-order valence-corrected chi connectivity index (χ0v) is 13.1. The van der Waals surface area contributed by atoms with E-state index in [0.29, 0.717) is 11.5 Å². The fourth-order valence-corrected chi connectivity index (χ4v) is 3.52. The second-order valence-electron chi connectivity index (χ2n) is 6.37. The number of hydrogen-bond donors (Lipinski definition) is 0. The van der Waals surface area contributed by atoms with E-state index in [1.54, 1.807) is 12.3 Å². The average molecular weight is 304 g/mol. The van der Waals surface area contributed by atoms with E-state index >= 15 is 0 Å². The molecule has 4 heteroatoms. The molecule has 1 aliphatic carbocycles. The van der Waals surface area contributed by atoms with Crippen molar-refractivity contribution in [1.29, 1.82) is 0 Å². The number of nitrogens with zero attached hydrogens (tertiary/aromatic N) is 2. The summed E-state index contributed by atoms with van der Waals surface area (Å²) in [4.78, 5) is 6.38. The SMILES string of the molecule is Cc1cc(C2=CC3CCCN(C)C(C=C2C(F)F)C3)ccn1. The van der Waals surface area contributed by atoms with Crippen molar-refractivity contribution in [3.8, 4) is 0 Å². The van der Waals surface area contributed by atoms with Crippen LogP contribution in [0.25, 0.3) is 5.57 Å². The first-order valence-electron chi connectivity index (χ1n) is 7.90. The van der Waals surface area contributed by atoms with Crippen LogP contribution in [0.4, 0.5) is 8.78 Å². The summed E-state index contributed by atoms with van der Waals surface area (Å²) in [6, 6.07) is 3.84. The number of pyridine rings is 1. The molecule has 2 unspecified atom stereocenters. The first-order valence-corrected chi connectivity index (χ1v) is 7.90. The van der Waals surface area contributed by atoms with Crippen molar-refractivity contribution < 1.29 is 8.78 Å². The summed E-state index contributed by atoms with van der Waals surface area (Å²) < 4.78 is 27.4. The Morgan fingerprint density at radius 3 is 2.86 bits per heavy atom. The lowest BCUT2D eigenvalue weighted by Crippen LogP contribution is -2.30. The van der Waals surface area contributed by atoms with Crippen LogP contribution >= 0.6 is 0 Å². The van der Waals surface area contributed by atoms with E-state index in [-0.39, 0.29) is 11.6 Å². The number of hydrogen-bond acceptors (Lipinski definition) is 2. The molecule has 1 aromatic heterocycles. The Morgan fingerprint density at radius 2 is 2.14 bits per heavy atom. The molecule has 0 N–H and O–H groups in total. The molecule has 22 heavy (non-hydrogen) atoms. The van der Waals surface area contributed by atoms with E-state index in [1.807, 2.05) is 26.1 Å². The summed E-state index contributed by atoms with van der Waals surface area (Å²) in [7, 11) is 2.04. The zero-order valence-electron chi connectivity index (χ0n) is 13.1. The van der Waals surface area contributed by atoms with E-state index < -0.39 is 6.43 Å². The molecule has 0 saturated carbocycles. The minimum absolute atomic E-state index is 0.105. The number of aromatic nitrogens is 1. The maximum atomic E-state index is 13.7. The molecule has 118 valence electrons. The van der Waals surface area contributed by atoms with Crippen molar-refractivity contribution in [3.05, 3.63) is 47.3 Å². The van der Waals surface area contributed by atoms with Crippen molar-refractivity contribution >= 4 is 5.57 Å². The second-order valence-corrected chi connectivity index (χ2v) is 6.37. The van der Waals surface area contributed by atoms with Gasteiger partial charge in [-0.15, -0.1) is 0 Å². The van der Waals surface area contributed by atoms with E-state index in [9.17, 15) is 8.78 Å². The molecule has 2 atom stereocenters. The summed E-state index contributed by atoms with van der Waals surface area (Å²) in [5.41, 5.74) is 2.58. The molecule has 1 aliphatic heterocycles. The van der Waals surface area contributed by atoms with Gasteiger partial charge < -0.3 is 0 Å². The van der Waals surface area contributed by atoms with E-state index in [4.69, 9.17) is 0 Å². The number of aryl methyl sites for hydroxylation is 1. The van der Waals surface area contributed by atoms with Gasteiger partial charge >= 0.3 is 0 Å². The highest BCUT2D eigenvalue weighted by Gasteiger charge is 2.29. The van der Waals surface area contributed by atoms with Gasteiger partial charge in [0.1, 0.15) is 0 Å². The summed E-state index contributed by atoms with van der Waals surface area (Å²) in [5.74, 6) is 0.367. The third kappa shape index (κ3) is 3.12. The lowest BCUT2D eigenvalue weighted by Gasteiger charge is -2.23. The van der Waals surface area contributed by atoms with Crippen LogP contribution in [0.15, 0.2) is 36.1 Å². The summed E-state index contributed by atoms with van der Waals surface area (Å²) in [5, 5.41) is 0. The molecule has 2 nitrogen and oxygen atoms in total. The largest absolute Gasteiger partial charge is 0.300 e. The standard InChI is InChI=1S/C18H22F2N2/c1-12-8-14(5-6-21-12)16-10-13-4-3-7-22(2)15(9-13)11-17(16)18(19)20/h5-6,8,10-11,13,15,18H,3-4,7,9H2,1-2H3. The minimum atomic E-state index is -2.45. The van der Waals surface area contributed by atoms with Crippen molar-refractivity contribution in [3.63, 3.8) is 0 Å². The molecule has 1 saturated heterocycles. The Hall–Kier alpha value is -1.55. The van der Waals surface area contributed by atoms with Crippen LogP contribution in [-0.2, 0) is 0 Å². The summed E-state index contributed by atoms with van der Waals surface area (Å²) >= 11 is 0.